The van der Waals surface area contributed by atoms with Crippen LogP contribution in [0.2, 0.25) is 0 Å². The summed E-state index contributed by atoms with van der Waals surface area (Å²) in [6.07, 6.45) is 0.00515. The molecule has 1 atom stereocenters. The third-order valence-corrected chi connectivity index (χ3v) is 3.86. The summed E-state index contributed by atoms with van der Waals surface area (Å²) in [5, 5.41) is 8.77. The average molecular weight is 276 g/mol. The maximum absolute atomic E-state index is 13.2. The lowest BCUT2D eigenvalue weighted by Gasteiger charge is -2.15. The third kappa shape index (κ3) is 4.10. The fourth-order valence-corrected chi connectivity index (χ4v) is 2.94. The SMILES string of the molecule is O=C(O)CC(Sc1cccc(F)c1)c1ccccc1. The third-order valence-electron chi connectivity index (χ3n) is 2.61. The van der Waals surface area contributed by atoms with Crippen LogP contribution in [0.25, 0.3) is 0 Å². The fourth-order valence-electron chi connectivity index (χ4n) is 1.76. The number of thioether (sulfide) groups is 1. The van der Waals surface area contributed by atoms with Crippen LogP contribution in [0.5, 0.6) is 0 Å². The van der Waals surface area contributed by atoms with E-state index in [2.05, 4.69) is 0 Å². The predicted octanol–water partition coefficient (Wildman–Crippen LogP) is 4.13. The molecule has 0 bridgehead atoms. The Labute approximate surface area is 115 Å². The van der Waals surface area contributed by atoms with Crippen molar-refractivity contribution in [2.45, 2.75) is 16.6 Å². The number of aliphatic carboxylic acids is 1. The lowest BCUT2D eigenvalue weighted by Crippen LogP contribution is -2.03. The van der Waals surface area contributed by atoms with Crippen LogP contribution in [-0.2, 0) is 4.79 Å². The summed E-state index contributed by atoms with van der Waals surface area (Å²) in [7, 11) is 0. The minimum Gasteiger partial charge on any atom is -0.481 e. The second-order valence-corrected chi connectivity index (χ2v) is 5.35. The van der Waals surface area contributed by atoms with Crippen molar-refractivity contribution in [1.82, 2.24) is 0 Å². The van der Waals surface area contributed by atoms with E-state index < -0.39 is 5.97 Å². The molecule has 2 aromatic rings. The first-order valence-corrected chi connectivity index (χ1v) is 6.72. The molecule has 2 rings (SSSR count). The van der Waals surface area contributed by atoms with Crippen LogP contribution in [0, 0.1) is 5.82 Å². The van der Waals surface area contributed by atoms with Crippen LogP contribution in [0.1, 0.15) is 17.2 Å². The standard InChI is InChI=1S/C15H13FO2S/c16-12-7-4-8-13(9-12)19-14(10-15(17)18)11-5-2-1-3-6-11/h1-9,14H,10H2,(H,17,18). The Morgan fingerprint density at radius 1 is 1.16 bits per heavy atom. The molecule has 0 fully saturated rings. The van der Waals surface area contributed by atoms with Gasteiger partial charge in [-0.3, -0.25) is 4.79 Å². The zero-order valence-corrected chi connectivity index (χ0v) is 10.9. The first kappa shape index (κ1) is 13.6. The van der Waals surface area contributed by atoms with Gasteiger partial charge in [-0.05, 0) is 23.8 Å². The molecule has 2 nitrogen and oxygen atoms in total. The molecule has 98 valence electrons. The highest BCUT2D eigenvalue weighted by atomic mass is 32.2. The molecule has 0 aliphatic heterocycles. The van der Waals surface area contributed by atoms with Crippen molar-refractivity contribution in [3.8, 4) is 0 Å². The lowest BCUT2D eigenvalue weighted by molar-refractivity contribution is -0.137. The normalized spacial score (nSPS) is 12.1. The zero-order chi connectivity index (χ0) is 13.7. The van der Waals surface area contributed by atoms with E-state index in [1.807, 2.05) is 30.3 Å². The maximum atomic E-state index is 13.2. The highest BCUT2D eigenvalue weighted by Gasteiger charge is 2.17. The van der Waals surface area contributed by atoms with Gasteiger partial charge in [0.1, 0.15) is 5.82 Å². The Kier molecular flexibility index (Phi) is 4.58. The Balaban J connectivity index is 2.21. The Morgan fingerprint density at radius 2 is 1.89 bits per heavy atom. The summed E-state index contributed by atoms with van der Waals surface area (Å²) < 4.78 is 13.2. The molecular weight excluding hydrogens is 263 g/mol. The van der Waals surface area contributed by atoms with Gasteiger partial charge in [-0.1, -0.05) is 36.4 Å². The maximum Gasteiger partial charge on any atom is 0.304 e. The van der Waals surface area contributed by atoms with Crippen LogP contribution in [0.4, 0.5) is 4.39 Å². The van der Waals surface area contributed by atoms with Gasteiger partial charge in [0.25, 0.3) is 0 Å². The van der Waals surface area contributed by atoms with E-state index in [1.54, 1.807) is 12.1 Å². The molecule has 0 heterocycles. The van der Waals surface area contributed by atoms with Gasteiger partial charge in [0.15, 0.2) is 0 Å². The number of carboxylic acid groups (broad SMARTS) is 1. The quantitative estimate of drug-likeness (QED) is 0.834. The van der Waals surface area contributed by atoms with Gasteiger partial charge in [-0.25, -0.2) is 4.39 Å². The second kappa shape index (κ2) is 6.38. The van der Waals surface area contributed by atoms with Gasteiger partial charge >= 0.3 is 5.97 Å². The number of hydrogen-bond donors (Lipinski definition) is 1. The van der Waals surface area contributed by atoms with Crippen molar-refractivity contribution < 1.29 is 14.3 Å². The fraction of sp³-hybridized carbons (Fsp3) is 0.133. The number of carboxylic acids is 1. The van der Waals surface area contributed by atoms with E-state index in [9.17, 15) is 9.18 Å². The molecule has 1 N–H and O–H groups in total. The first-order valence-electron chi connectivity index (χ1n) is 5.84. The number of benzene rings is 2. The van der Waals surface area contributed by atoms with E-state index in [4.69, 9.17) is 5.11 Å². The molecule has 0 spiro atoms. The predicted molar refractivity (Wildman–Crippen MR) is 73.7 cm³/mol. The molecule has 19 heavy (non-hydrogen) atoms. The van der Waals surface area contributed by atoms with E-state index in [0.717, 1.165) is 10.5 Å². The molecule has 0 aliphatic carbocycles. The lowest BCUT2D eigenvalue weighted by atomic mass is 10.1. The largest absolute Gasteiger partial charge is 0.481 e. The summed E-state index contributed by atoms with van der Waals surface area (Å²) in [5.74, 6) is -1.18. The number of rotatable bonds is 5. The number of carbonyl (C=O) groups is 1. The van der Waals surface area contributed by atoms with Crippen LogP contribution in [-0.4, -0.2) is 11.1 Å². The van der Waals surface area contributed by atoms with E-state index in [-0.39, 0.29) is 17.5 Å². The minimum atomic E-state index is -0.863. The first-order chi connectivity index (χ1) is 9.15. The highest BCUT2D eigenvalue weighted by Crippen LogP contribution is 2.37. The monoisotopic (exact) mass is 276 g/mol. The van der Waals surface area contributed by atoms with Crippen molar-refractivity contribution in [2.75, 3.05) is 0 Å². The summed E-state index contributed by atoms with van der Waals surface area (Å²) >= 11 is 1.36. The summed E-state index contributed by atoms with van der Waals surface area (Å²) in [4.78, 5) is 11.7. The Bertz CT molecular complexity index is 557. The van der Waals surface area contributed by atoms with Crippen molar-refractivity contribution in [3.63, 3.8) is 0 Å². The molecule has 0 aromatic heterocycles. The molecule has 4 heteroatoms. The second-order valence-electron chi connectivity index (χ2n) is 4.07. The molecule has 0 saturated heterocycles. The molecule has 1 unspecified atom stereocenters. The van der Waals surface area contributed by atoms with E-state index >= 15 is 0 Å². The van der Waals surface area contributed by atoms with Crippen molar-refractivity contribution in [1.29, 1.82) is 0 Å². The van der Waals surface area contributed by atoms with Crippen molar-refractivity contribution in [3.05, 3.63) is 66.0 Å². The van der Waals surface area contributed by atoms with Gasteiger partial charge in [-0.2, -0.15) is 0 Å². The van der Waals surface area contributed by atoms with Gasteiger partial charge in [0.2, 0.25) is 0 Å². The van der Waals surface area contributed by atoms with Gasteiger partial charge in [-0.15, -0.1) is 11.8 Å². The summed E-state index contributed by atoms with van der Waals surface area (Å²) in [6, 6.07) is 15.6. The van der Waals surface area contributed by atoms with Crippen LogP contribution in [0.3, 0.4) is 0 Å². The molecular formula is C15H13FO2S. The van der Waals surface area contributed by atoms with Gasteiger partial charge in [0, 0.05) is 10.1 Å². The molecule has 0 amide bonds. The summed E-state index contributed by atoms with van der Waals surface area (Å²) in [5.41, 5.74) is 0.930. The Morgan fingerprint density at radius 3 is 2.53 bits per heavy atom. The van der Waals surface area contributed by atoms with Crippen LogP contribution >= 0.6 is 11.8 Å². The molecule has 0 saturated carbocycles. The van der Waals surface area contributed by atoms with E-state index in [1.165, 1.54) is 23.9 Å². The van der Waals surface area contributed by atoms with Crippen molar-refractivity contribution >= 4 is 17.7 Å². The average Bonchev–Trinajstić information content (AvgIpc) is 2.38. The summed E-state index contributed by atoms with van der Waals surface area (Å²) in [6.45, 7) is 0. The minimum absolute atomic E-state index is 0.00515. The van der Waals surface area contributed by atoms with Crippen molar-refractivity contribution in [2.24, 2.45) is 0 Å². The smallest absolute Gasteiger partial charge is 0.304 e. The van der Waals surface area contributed by atoms with Crippen LogP contribution < -0.4 is 0 Å². The van der Waals surface area contributed by atoms with Gasteiger partial charge in [0.05, 0.1) is 6.42 Å². The highest BCUT2D eigenvalue weighted by molar-refractivity contribution is 7.99. The van der Waals surface area contributed by atoms with Gasteiger partial charge < -0.3 is 5.11 Å². The zero-order valence-electron chi connectivity index (χ0n) is 10.1. The molecule has 0 radical (unpaired) electrons. The topological polar surface area (TPSA) is 37.3 Å². The molecule has 2 aromatic carbocycles. The Hall–Kier alpha value is -1.81. The number of halogens is 1. The van der Waals surface area contributed by atoms with E-state index in [0.29, 0.717) is 0 Å². The van der Waals surface area contributed by atoms with Crippen LogP contribution in [0.15, 0.2) is 59.5 Å². The molecule has 0 aliphatic rings. The number of hydrogen-bond acceptors (Lipinski definition) is 2.